The molecule has 0 atom stereocenters. The molecule has 0 saturated carbocycles. The molecule has 0 spiro atoms. The zero-order chi connectivity index (χ0) is 10.6. The van der Waals surface area contributed by atoms with E-state index in [0.29, 0.717) is 11.0 Å². The summed E-state index contributed by atoms with van der Waals surface area (Å²) in [5.41, 5.74) is -0.616. The first-order valence-electron chi connectivity index (χ1n) is 3.78. The summed E-state index contributed by atoms with van der Waals surface area (Å²) in [6.45, 7) is 3.74. The number of carbonyl (C=O) groups is 1. The lowest BCUT2D eigenvalue weighted by Crippen LogP contribution is -2.36. The summed E-state index contributed by atoms with van der Waals surface area (Å²) in [5, 5.41) is 2.46. The Hall–Kier alpha value is -1.43. The van der Waals surface area contributed by atoms with E-state index < -0.39 is 11.7 Å². The van der Waals surface area contributed by atoms with Crippen molar-refractivity contribution in [2.45, 2.75) is 0 Å². The van der Waals surface area contributed by atoms with Crippen LogP contribution in [0.2, 0.25) is 0 Å². The third-order valence-electron chi connectivity index (χ3n) is 1.37. The first kappa shape index (κ1) is 10.6. The first-order chi connectivity index (χ1) is 6.65. The summed E-state index contributed by atoms with van der Waals surface area (Å²) in [4.78, 5) is 25.9. The number of aromatic nitrogens is 2. The van der Waals surface area contributed by atoms with E-state index >= 15 is 0 Å². The van der Waals surface area contributed by atoms with Gasteiger partial charge in [-0.2, -0.15) is 4.98 Å². The van der Waals surface area contributed by atoms with Crippen LogP contribution in [0.5, 0.6) is 0 Å². The predicted molar refractivity (Wildman–Crippen MR) is 55.2 cm³/mol. The minimum absolute atomic E-state index is 0.303. The number of rotatable bonds is 2. The molecule has 1 aromatic rings. The molecule has 0 aromatic carbocycles. The molecule has 0 aliphatic rings. The molecule has 1 rings (SSSR count). The molecule has 1 heterocycles. The van der Waals surface area contributed by atoms with E-state index in [-0.39, 0.29) is 0 Å². The minimum Gasteiger partial charge on any atom is -0.334 e. The molecule has 0 radical (unpaired) electrons. The highest BCUT2D eigenvalue weighted by Crippen LogP contribution is 2.02. The highest BCUT2D eigenvalue weighted by atomic mass is 79.9. The van der Waals surface area contributed by atoms with Gasteiger partial charge in [-0.05, 0) is 15.9 Å². The van der Waals surface area contributed by atoms with Crippen molar-refractivity contribution in [1.82, 2.24) is 14.9 Å². The van der Waals surface area contributed by atoms with Crippen molar-refractivity contribution in [1.29, 1.82) is 0 Å². The van der Waals surface area contributed by atoms with Crippen molar-refractivity contribution in [3.05, 3.63) is 40.0 Å². The van der Waals surface area contributed by atoms with Gasteiger partial charge in [0.25, 0.3) is 0 Å². The number of hydrogen-bond donors (Lipinski definition) is 1. The molecule has 0 fully saturated rings. The lowest BCUT2D eigenvalue weighted by Gasteiger charge is -2.03. The van der Waals surface area contributed by atoms with Crippen molar-refractivity contribution in [3.8, 4) is 0 Å². The molecule has 6 heteroatoms. The Balaban J connectivity index is 2.94. The second-order valence-electron chi connectivity index (χ2n) is 2.40. The van der Waals surface area contributed by atoms with Gasteiger partial charge >= 0.3 is 11.7 Å². The monoisotopic (exact) mass is 257 g/mol. The van der Waals surface area contributed by atoms with Crippen molar-refractivity contribution in [2.75, 3.05) is 6.54 Å². The van der Waals surface area contributed by atoms with E-state index in [4.69, 9.17) is 0 Å². The maximum absolute atomic E-state index is 11.3. The van der Waals surface area contributed by atoms with Gasteiger partial charge < -0.3 is 5.32 Å². The number of carbonyl (C=O) groups excluding carboxylic acids is 1. The molecule has 1 amide bonds. The average Bonchev–Trinajstić information content (AvgIpc) is 2.18. The molecule has 0 saturated heterocycles. The number of hydrogen-bond acceptors (Lipinski definition) is 3. The quantitative estimate of drug-likeness (QED) is 0.796. The van der Waals surface area contributed by atoms with Gasteiger partial charge in [0.15, 0.2) is 0 Å². The molecule has 5 nitrogen and oxygen atoms in total. The summed E-state index contributed by atoms with van der Waals surface area (Å²) in [5.74, 6) is 0. The molecule has 0 unspecified atom stereocenters. The third-order valence-corrected chi connectivity index (χ3v) is 1.78. The lowest BCUT2D eigenvalue weighted by molar-refractivity contribution is 0.242. The number of amides is 1. The summed E-state index contributed by atoms with van der Waals surface area (Å²) in [6, 6.07) is -0.524. The third kappa shape index (κ3) is 2.53. The Morgan fingerprint density at radius 2 is 2.50 bits per heavy atom. The van der Waals surface area contributed by atoms with E-state index in [2.05, 4.69) is 32.8 Å². The van der Waals surface area contributed by atoms with Crippen LogP contribution >= 0.6 is 15.9 Å². The molecule has 1 N–H and O–H groups in total. The van der Waals surface area contributed by atoms with E-state index in [0.717, 1.165) is 4.57 Å². The SMILES string of the molecule is C=CCNC(=O)n1cc(Br)cnc1=O. The number of nitrogens with one attached hydrogen (secondary N) is 1. The van der Waals surface area contributed by atoms with Crippen molar-refractivity contribution in [3.63, 3.8) is 0 Å². The van der Waals surface area contributed by atoms with Gasteiger partial charge in [-0.15, -0.1) is 6.58 Å². The predicted octanol–water partition coefficient (Wildman–Crippen LogP) is 0.750. The largest absolute Gasteiger partial charge is 0.355 e. The molecular formula is C8H8BrN3O2. The fraction of sp³-hybridized carbons (Fsp3) is 0.125. The smallest absolute Gasteiger partial charge is 0.334 e. The standard InChI is InChI=1S/C8H8BrN3O2/c1-2-3-10-7(13)12-5-6(9)4-11-8(12)14/h2,4-5H,1,3H2,(H,10,13). The Bertz CT molecular complexity index is 413. The Kier molecular flexibility index (Phi) is 3.58. The lowest BCUT2D eigenvalue weighted by atomic mass is 10.6. The Morgan fingerprint density at radius 3 is 3.14 bits per heavy atom. The fourth-order valence-corrected chi connectivity index (χ4v) is 1.09. The highest BCUT2D eigenvalue weighted by molar-refractivity contribution is 9.10. The van der Waals surface area contributed by atoms with Crippen molar-refractivity contribution < 1.29 is 4.79 Å². The Morgan fingerprint density at radius 1 is 1.79 bits per heavy atom. The molecule has 74 valence electrons. The van der Waals surface area contributed by atoms with Gasteiger partial charge in [0, 0.05) is 18.9 Å². The molecule has 14 heavy (non-hydrogen) atoms. The van der Waals surface area contributed by atoms with E-state index in [9.17, 15) is 9.59 Å². The molecule has 0 aliphatic carbocycles. The van der Waals surface area contributed by atoms with Crippen LogP contribution in [-0.4, -0.2) is 22.1 Å². The normalized spacial score (nSPS) is 9.50. The topological polar surface area (TPSA) is 64.0 Å². The van der Waals surface area contributed by atoms with Crippen LogP contribution in [-0.2, 0) is 0 Å². The zero-order valence-electron chi connectivity index (χ0n) is 7.24. The maximum Gasteiger partial charge on any atom is 0.355 e. The van der Waals surface area contributed by atoms with Crippen LogP contribution in [0.3, 0.4) is 0 Å². The number of halogens is 1. The van der Waals surface area contributed by atoms with E-state index in [1.807, 2.05) is 0 Å². The van der Waals surface area contributed by atoms with Crippen molar-refractivity contribution >= 4 is 22.0 Å². The van der Waals surface area contributed by atoms with Gasteiger partial charge in [0.2, 0.25) is 0 Å². The summed E-state index contributed by atoms with van der Waals surface area (Å²) >= 11 is 3.11. The van der Waals surface area contributed by atoms with Gasteiger partial charge in [0.1, 0.15) is 0 Å². The molecule has 0 aliphatic heterocycles. The van der Waals surface area contributed by atoms with Crippen LogP contribution < -0.4 is 11.0 Å². The number of nitrogens with zero attached hydrogens (tertiary/aromatic N) is 2. The van der Waals surface area contributed by atoms with Crippen LogP contribution in [0, 0.1) is 0 Å². The molecule has 0 bridgehead atoms. The van der Waals surface area contributed by atoms with Gasteiger partial charge in [0.05, 0.1) is 4.47 Å². The first-order valence-corrected chi connectivity index (χ1v) is 4.57. The van der Waals surface area contributed by atoms with Crippen LogP contribution in [0.4, 0.5) is 4.79 Å². The molecule has 1 aromatic heterocycles. The highest BCUT2D eigenvalue weighted by Gasteiger charge is 2.05. The minimum atomic E-state index is -0.616. The van der Waals surface area contributed by atoms with Gasteiger partial charge in [-0.25, -0.2) is 14.2 Å². The van der Waals surface area contributed by atoms with Crippen LogP contribution in [0.25, 0.3) is 0 Å². The second-order valence-corrected chi connectivity index (χ2v) is 3.32. The van der Waals surface area contributed by atoms with Gasteiger partial charge in [-0.3, -0.25) is 0 Å². The van der Waals surface area contributed by atoms with Gasteiger partial charge in [-0.1, -0.05) is 6.08 Å². The van der Waals surface area contributed by atoms with E-state index in [1.165, 1.54) is 18.5 Å². The summed E-state index contributed by atoms with van der Waals surface area (Å²) < 4.78 is 1.44. The zero-order valence-corrected chi connectivity index (χ0v) is 8.82. The summed E-state index contributed by atoms with van der Waals surface area (Å²) in [6.07, 6.45) is 4.21. The summed E-state index contributed by atoms with van der Waals surface area (Å²) in [7, 11) is 0. The van der Waals surface area contributed by atoms with Crippen LogP contribution in [0.1, 0.15) is 0 Å². The van der Waals surface area contributed by atoms with E-state index in [1.54, 1.807) is 0 Å². The van der Waals surface area contributed by atoms with Crippen molar-refractivity contribution in [2.24, 2.45) is 0 Å². The fourth-order valence-electron chi connectivity index (χ4n) is 0.781. The maximum atomic E-state index is 11.3. The van der Waals surface area contributed by atoms with Crippen LogP contribution in [0.15, 0.2) is 34.3 Å². The second kappa shape index (κ2) is 4.71. The molecular weight excluding hydrogens is 250 g/mol. The average molecular weight is 258 g/mol. The Labute approximate surface area is 88.6 Å².